The number of ether oxygens (including phenoxy) is 1. The van der Waals surface area contributed by atoms with Crippen LogP contribution in [0, 0.1) is 0 Å². The first-order valence-electron chi connectivity index (χ1n) is 6.94. The molecule has 0 aliphatic carbocycles. The number of likely N-dealkylation sites (N-methyl/N-ethyl adjacent to an activating group) is 1. The van der Waals surface area contributed by atoms with Gasteiger partial charge in [-0.1, -0.05) is 20.8 Å². The molecule has 3 nitrogen and oxygen atoms in total. The maximum absolute atomic E-state index is 5.40. The van der Waals surface area contributed by atoms with Crippen molar-refractivity contribution in [1.82, 2.24) is 9.80 Å². The van der Waals surface area contributed by atoms with E-state index in [0.717, 1.165) is 19.3 Å². The molecule has 0 N–H and O–H groups in total. The van der Waals surface area contributed by atoms with E-state index in [4.69, 9.17) is 4.74 Å². The Morgan fingerprint density at radius 1 is 1.00 bits per heavy atom. The maximum atomic E-state index is 5.40. The second-order valence-electron chi connectivity index (χ2n) is 4.31. The van der Waals surface area contributed by atoms with Crippen LogP contribution in [-0.4, -0.2) is 61.8 Å². The number of hydrogen-bond acceptors (Lipinski definition) is 3. The van der Waals surface area contributed by atoms with E-state index in [2.05, 4.69) is 16.7 Å². The first-order valence-corrected chi connectivity index (χ1v) is 6.94. The maximum Gasteiger partial charge on any atom is 0.0480 e. The van der Waals surface area contributed by atoms with Gasteiger partial charge in [-0.2, -0.15) is 0 Å². The quantitative estimate of drug-likeness (QED) is 0.717. The molecule has 0 unspecified atom stereocenters. The Labute approximate surface area is 101 Å². The smallest absolute Gasteiger partial charge is 0.0480 e. The summed E-state index contributed by atoms with van der Waals surface area (Å²) in [6.07, 6.45) is 2.48. The minimum Gasteiger partial charge on any atom is -0.381 e. The zero-order valence-corrected chi connectivity index (χ0v) is 11.2. The SMILES string of the molecule is CC.CCN1CCN(C2CCOCC2)CC1. The van der Waals surface area contributed by atoms with E-state index in [9.17, 15) is 0 Å². The van der Waals surface area contributed by atoms with Gasteiger partial charge in [0.2, 0.25) is 0 Å². The Hall–Kier alpha value is -0.120. The van der Waals surface area contributed by atoms with E-state index >= 15 is 0 Å². The highest BCUT2D eigenvalue weighted by Gasteiger charge is 2.24. The van der Waals surface area contributed by atoms with Gasteiger partial charge in [0.15, 0.2) is 0 Å². The Morgan fingerprint density at radius 2 is 1.56 bits per heavy atom. The second-order valence-corrected chi connectivity index (χ2v) is 4.31. The number of rotatable bonds is 2. The second kappa shape index (κ2) is 8.04. The van der Waals surface area contributed by atoms with Gasteiger partial charge in [0.25, 0.3) is 0 Å². The lowest BCUT2D eigenvalue weighted by Gasteiger charge is -2.40. The summed E-state index contributed by atoms with van der Waals surface area (Å²) in [5.74, 6) is 0. The first-order chi connectivity index (χ1) is 7.90. The van der Waals surface area contributed by atoms with Gasteiger partial charge in [0.1, 0.15) is 0 Å². The van der Waals surface area contributed by atoms with Crippen LogP contribution in [0.15, 0.2) is 0 Å². The molecule has 0 saturated carbocycles. The minimum absolute atomic E-state index is 0.808. The summed E-state index contributed by atoms with van der Waals surface area (Å²) in [5, 5.41) is 0. The molecule has 96 valence electrons. The van der Waals surface area contributed by atoms with E-state index in [1.54, 1.807) is 0 Å². The Morgan fingerprint density at radius 3 is 2.06 bits per heavy atom. The van der Waals surface area contributed by atoms with Gasteiger partial charge in [-0.15, -0.1) is 0 Å². The zero-order valence-electron chi connectivity index (χ0n) is 11.2. The van der Waals surface area contributed by atoms with Crippen LogP contribution in [0.1, 0.15) is 33.6 Å². The molecule has 2 fully saturated rings. The number of piperazine rings is 1. The minimum atomic E-state index is 0.808. The molecule has 3 heteroatoms. The molecule has 0 radical (unpaired) electrons. The predicted octanol–water partition coefficient (Wildman–Crippen LogP) is 1.83. The Bertz CT molecular complexity index is 161. The number of hydrogen-bond donors (Lipinski definition) is 0. The van der Waals surface area contributed by atoms with Crippen LogP contribution in [0.2, 0.25) is 0 Å². The van der Waals surface area contributed by atoms with Crippen molar-refractivity contribution in [3.63, 3.8) is 0 Å². The van der Waals surface area contributed by atoms with Crippen LogP contribution in [0.4, 0.5) is 0 Å². The fourth-order valence-electron chi connectivity index (χ4n) is 2.50. The standard InChI is InChI=1S/C11H22N2O.C2H6/c1-2-12-5-7-13(8-6-12)11-3-9-14-10-4-11;1-2/h11H,2-10H2,1H3;1-2H3. The molecule has 2 aliphatic heterocycles. The molecule has 0 bridgehead atoms. The molecule has 0 spiro atoms. The molecule has 0 aromatic heterocycles. The number of nitrogens with zero attached hydrogens (tertiary/aromatic N) is 2. The molecular formula is C13H28N2O. The molecule has 0 aromatic rings. The lowest BCUT2D eigenvalue weighted by molar-refractivity contribution is 0.0146. The van der Waals surface area contributed by atoms with E-state index in [-0.39, 0.29) is 0 Å². The summed E-state index contributed by atoms with van der Waals surface area (Å²) in [5.41, 5.74) is 0. The highest BCUT2D eigenvalue weighted by Crippen LogP contribution is 2.16. The first kappa shape index (κ1) is 13.9. The summed E-state index contributed by atoms with van der Waals surface area (Å²) < 4.78 is 5.40. The fraction of sp³-hybridized carbons (Fsp3) is 1.00. The van der Waals surface area contributed by atoms with E-state index in [1.807, 2.05) is 13.8 Å². The molecule has 0 aromatic carbocycles. The molecule has 0 atom stereocenters. The highest BCUT2D eigenvalue weighted by molar-refractivity contribution is 4.79. The van der Waals surface area contributed by atoms with Crippen molar-refractivity contribution in [1.29, 1.82) is 0 Å². The van der Waals surface area contributed by atoms with Gasteiger partial charge in [0, 0.05) is 45.4 Å². The lowest BCUT2D eigenvalue weighted by atomic mass is 10.1. The van der Waals surface area contributed by atoms with Crippen LogP contribution >= 0.6 is 0 Å². The zero-order chi connectivity index (χ0) is 11.8. The third-order valence-corrected chi connectivity index (χ3v) is 3.56. The van der Waals surface area contributed by atoms with Gasteiger partial charge in [-0.05, 0) is 19.4 Å². The van der Waals surface area contributed by atoms with Crippen LogP contribution in [-0.2, 0) is 4.74 Å². The summed E-state index contributed by atoms with van der Waals surface area (Å²) in [6.45, 7) is 14.4. The average Bonchev–Trinajstić information content (AvgIpc) is 2.42. The van der Waals surface area contributed by atoms with E-state index in [0.29, 0.717) is 0 Å². The summed E-state index contributed by atoms with van der Waals surface area (Å²) in [6, 6.07) is 0.808. The monoisotopic (exact) mass is 228 g/mol. The van der Waals surface area contributed by atoms with Crippen molar-refractivity contribution in [2.45, 2.75) is 39.7 Å². The summed E-state index contributed by atoms with van der Waals surface area (Å²) in [4.78, 5) is 5.20. The van der Waals surface area contributed by atoms with Crippen molar-refractivity contribution in [2.75, 3.05) is 45.9 Å². The van der Waals surface area contributed by atoms with Crippen LogP contribution in [0.25, 0.3) is 0 Å². The van der Waals surface area contributed by atoms with E-state index < -0.39 is 0 Å². The van der Waals surface area contributed by atoms with Gasteiger partial charge in [0.05, 0.1) is 0 Å². The Kier molecular flexibility index (Phi) is 7.01. The van der Waals surface area contributed by atoms with Crippen LogP contribution < -0.4 is 0 Å². The predicted molar refractivity (Wildman–Crippen MR) is 68.9 cm³/mol. The topological polar surface area (TPSA) is 15.7 Å². The molecular weight excluding hydrogens is 200 g/mol. The Balaban J connectivity index is 0.000000606. The third-order valence-electron chi connectivity index (χ3n) is 3.56. The molecule has 2 aliphatic rings. The van der Waals surface area contributed by atoms with Crippen molar-refractivity contribution < 1.29 is 4.74 Å². The van der Waals surface area contributed by atoms with Gasteiger partial charge in [-0.3, -0.25) is 4.90 Å². The van der Waals surface area contributed by atoms with Crippen LogP contribution in [0.3, 0.4) is 0 Å². The molecule has 2 rings (SSSR count). The van der Waals surface area contributed by atoms with Crippen molar-refractivity contribution >= 4 is 0 Å². The van der Waals surface area contributed by atoms with E-state index in [1.165, 1.54) is 45.6 Å². The van der Waals surface area contributed by atoms with Crippen molar-refractivity contribution in [3.05, 3.63) is 0 Å². The molecule has 0 amide bonds. The summed E-state index contributed by atoms with van der Waals surface area (Å²) >= 11 is 0. The molecule has 2 saturated heterocycles. The van der Waals surface area contributed by atoms with Gasteiger partial charge in [-0.25, -0.2) is 0 Å². The average molecular weight is 228 g/mol. The van der Waals surface area contributed by atoms with Crippen LogP contribution in [0.5, 0.6) is 0 Å². The summed E-state index contributed by atoms with van der Waals surface area (Å²) in [7, 11) is 0. The molecule has 2 heterocycles. The van der Waals surface area contributed by atoms with Gasteiger partial charge < -0.3 is 9.64 Å². The normalized spacial score (nSPS) is 24.9. The highest BCUT2D eigenvalue weighted by atomic mass is 16.5. The lowest BCUT2D eigenvalue weighted by Crippen LogP contribution is -2.51. The van der Waals surface area contributed by atoms with Crippen molar-refractivity contribution in [3.8, 4) is 0 Å². The largest absolute Gasteiger partial charge is 0.381 e. The van der Waals surface area contributed by atoms with Crippen molar-refractivity contribution in [2.24, 2.45) is 0 Å². The fourth-order valence-corrected chi connectivity index (χ4v) is 2.50. The molecule has 16 heavy (non-hydrogen) atoms. The van der Waals surface area contributed by atoms with Gasteiger partial charge >= 0.3 is 0 Å². The third kappa shape index (κ3) is 4.04.